The fraction of sp³-hybridized carbons (Fsp3) is 0.318. The SMILES string of the molecule is COc1cccc(CN2Cc3cccn3[C@H](COCc3ccccn3)C2)c1. The van der Waals surface area contributed by atoms with E-state index in [4.69, 9.17) is 9.47 Å². The summed E-state index contributed by atoms with van der Waals surface area (Å²) in [6, 6.07) is 18.8. The minimum Gasteiger partial charge on any atom is -0.497 e. The van der Waals surface area contributed by atoms with E-state index in [1.54, 1.807) is 13.3 Å². The van der Waals surface area contributed by atoms with Crippen LogP contribution in [0.25, 0.3) is 0 Å². The van der Waals surface area contributed by atoms with E-state index in [-0.39, 0.29) is 0 Å². The van der Waals surface area contributed by atoms with Gasteiger partial charge in [-0.25, -0.2) is 0 Å². The van der Waals surface area contributed by atoms with Gasteiger partial charge in [0.25, 0.3) is 0 Å². The third kappa shape index (κ3) is 4.38. The van der Waals surface area contributed by atoms with Crippen molar-refractivity contribution >= 4 is 0 Å². The molecular weight excluding hydrogens is 338 g/mol. The van der Waals surface area contributed by atoms with Crippen LogP contribution in [-0.4, -0.2) is 34.7 Å². The van der Waals surface area contributed by atoms with Crippen LogP contribution in [0.5, 0.6) is 5.75 Å². The Morgan fingerprint density at radius 3 is 2.93 bits per heavy atom. The van der Waals surface area contributed by atoms with Crippen molar-refractivity contribution in [2.24, 2.45) is 0 Å². The molecule has 1 aliphatic heterocycles. The van der Waals surface area contributed by atoms with Crippen LogP contribution in [0.3, 0.4) is 0 Å². The first kappa shape index (κ1) is 17.8. The van der Waals surface area contributed by atoms with Gasteiger partial charge in [-0.3, -0.25) is 9.88 Å². The van der Waals surface area contributed by atoms with Gasteiger partial charge >= 0.3 is 0 Å². The average molecular weight is 363 g/mol. The molecule has 0 radical (unpaired) electrons. The van der Waals surface area contributed by atoms with E-state index in [9.17, 15) is 0 Å². The van der Waals surface area contributed by atoms with E-state index in [1.807, 2.05) is 30.3 Å². The molecule has 0 spiro atoms. The number of fused-ring (bicyclic) bond motifs is 1. The summed E-state index contributed by atoms with van der Waals surface area (Å²) in [6.07, 6.45) is 3.96. The zero-order chi connectivity index (χ0) is 18.5. The van der Waals surface area contributed by atoms with Crippen LogP contribution in [0.1, 0.15) is 23.0 Å². The van der Waals surface area contributed by atoms with Gasteiger partial charge in [0.05, 0.1) is 32.1 Å². The Morgan fingerprint density at radius 1 is 1.11 bits per heavy atom. The maximum Gasteiger partial charge on any atom is 0.119 e. The minimum absolute atomic E-state index is 0.304. The van der Waals surface area contributed by atoms with Crippen LogP contribution in [0.4, 0.5) is 0 Å². The summed E-state index contributed by atoms with van der Waals surface area (Å²) >= 11 is 0. The number of pyridine rings is 1. The Hall–Kier alpha value is -2.63. The van der Waals surface area contributed by atoms with Crippen molar-refractivity contribution in [3.05, 3.63) is 83.9 Å². The molecule has 0 unspecified atom stereocenters. The predicted molar refractivity (Wildman–Crippen MR) is 104 cm³/mol. The Labute approximate surface area is 160 Å². The zero-order valence-corrected chi connectivity index (χ0v) is 15.6. The highest BCUT2D eigenvalue weighted by atomic mass is 16.5. The van der Waals surface area contributed by atoms with Crippen molar-refractivity contribution in [3.8, 4) is 5.75 Å². The molecule has 4 rings (SSSR count). The molecule has 1 aliphatic rings. The van der Waals surface area contributed by atoms with Crippen molar-refractivity contribution in [1.29, 1.82) is 0 Å². The Balaban J connectivity index is 1.41. The molecule has 0 fully saturated rings. The monoisotopic (exact) mass is 363 g/mol. The normalized spacial score (nSPS) is 16.9. The standard InChI is InChI=1S/C22H25N3O2/c1-26-22-9-4-6-18(12-22)13-24-14-20-8-5-11-25(20)21(15-24)17-27-16-19-7-2-3-10-23-19/h2-12,21H,13-17H2,1H3/t21-/m0/s1. The molecule has 0 aliphatic carbocycles. The Kier molecular flexibility index (Phi) is 5.51. The molecule has 0 N–H and O–H groups in total. The number of benzene rings is 1. The van der Waals surface area contributed by atoms with Crippen LogP contribution >= 0.6 is 0 Å². The van der Waals surface area contributed by atoms with E-state index in [0.717, 1.165) is 31.1 Å². The molecule has 2 aromatic heterocycles. The van der Waals surface area contributed by atoms with Crippen molar-refractivity contribution in [3.63, 3.8) is 0 Å². The molecule has 5 heteroatoms. The zero-order valence-electron chi connectivity index (χ0n) is 15.6. The quantitative estimate of drug-likeness (QED) is 0.642. The lowest BCUT2D eigenvalue weighted by Crippen LogP contribution is -2.38. The third-order valence-electron chi connectivity index (χ3n) is 4.94. The van der Waals surface area contributed by atoms with Crippen LogP contribution in [-0.2, 0) is 24.4 Å². The Morgan fingerprint density at radius 2 is 2.07 bits per heavy atom. The lowest BCUT2D eigenvalue weighted by atomic mass is 10.1. The number of ether oxygens (including phenoxy) is 2. The van der Waals surface area contributed by atoms with Gasteiger partial charge in [-0.1, -0.05) is 18.2 Å². The first-order chi connectivity index (χ1) is 13.3. The number of rotatable bonds is 7. The maximum absolute atomic E-state index is 5.99. The van der Waals surface area contributed by atoms with Crippen LogP contribution in [0, 0.1) is 0 Å². The largest absolute Gasteiger partial charge is 0.497 e. The topological polar surface area (TPSA) is 39.5 Å². The highest BCUT2D eigenvalue weighted by molar-refractivity contribution is 5.28. The van der Waals surface area contributed by atoms with Gasteiger partial charge in [0.2, 0.25) is 0 Å². The minimum atomic E-state index is 0.304. The van der Waals surface area contributed by atoms with Gasteiger partial charge in [0, 0.05) is 37.7 Å². The van der Waals surface area contributed by atoms with Crippen LogP contribution in [0.2, 0.25) is 0 Å². The van der Waals surface area contributed by atoms with Gasteiger partial charge in [0.15, 0.2) is 0 Å². The molecule has 5 nitrogen and oxygen atoms in total. The molecule has 3 heterocycles. The van der Waals surface area contributed by atoms with Gasteiger partial charge in [-0.05, 0) is 42.0 Å². The van der Waals surface area contributed by atoms with Crippen molar-refractivity contribution in [1.82, 2.24) is 14.5 Å². The summed E-state index contributed by atoms with van der Waals surface area (Å²) in [5.41, 5.74) is 3.56. The van der Waals surface area contributed by atoms with E-state index < -0.39 is 0 Å². The summed E-state index contributed by atoms with van der Waals surface area (Å²) in [5.74, 6) is 0.906. The van der Waals surface area contributed by atoms with Crippen LogP contribution < -0.4 is 4.74 Å². The molecular formula is C22H25N3O2. The maximum atomic E-state index is 5.99. The van der Waals surface area contributed by atoms with Crippen molar-refractivity contribution in [2.45, 2.75) is 25.7 Å². The van der Waals surface area contributed by atoms with E-state index >= 15 is 0 Å². The van der Waals surface area contributed by atoms with E-state index in [2.05, 4.69) is 44.9 Å². The van der Waals surface area contributed by atoms with E-state index in [1.165, 1.54) is 11.3 Å². The molecule has 0 saturated carbocycles. The van der Waals surface area contributed by atoms with Gasteiger partial charge in [-0.15, -0.1) is 0 Å². The fourth-order valence-electron chi connectivity index (χ4n) is 3.66. The third-order valence-corrected chi connectivity index (χ3v) is 4.94. The fourth-order valence-corrected chi connectivity index (χ4v) is 3.66. The molecule has 27 heavy (non-hydrogen) atoms. The number of nitrogens with zero attached hydrogens (tertiary/aromatic N) is 3. The van der Waals surface area contributed by atoms with Gasteiger partial charge < -0.3 is 14.0 Å². The molecule has 0 saturated heterocycles. The average Bonchev–Trinajstić information content (AvgIpc) is 3.18. The second kappa shape index (κ2) is 8.37. The lowest BCUT2D eigenvalue weighted by molar-refractivity contribution is 0.0574. The predicted octanol–water partition coefficient (Wildman–Crippen LogP) is 3.67. The van der Waals surface area contributed by atoms with Gasteiger partial charge in [-0.2, -0.15) is 0 Å². The highest BCUT2D eigenvalue weighted by Crippen LogP contribution is 2.25. The summed E-state index contributed by atoms with van der Waals surface area (Å²) in [4.78, 5) is 6.80. The number of methoxy groups -OCH3 is 1. The Bertz CT molecular complexity index is 863. The molecule has 140 valence electrons. The van der Waals surface area contributed by atoms with Crippen molar-refractivity contribution < 1.29 is 9.47 Å². The molecule has 1 aromatic carbocycles. The van der Waals surface area contributed by atoms with Crippen LogP contribution in [0.15, 0.2) is 67.0 Å². The molecule has 0 amide bonds. The summed E-state index contributed by atoms with van der Waals surface area (Å²) in [7, 11) is 1.71. The van der Waals surface area contributed by atoms with Gasteiger partial charge in [0.1, 0.15) is 5.75 Å². The summed E-state index contributed by atoms with van der Waals surface area (Å²) in [5, 5.41) is 0. The van der Waals surface area contributed by atoms with E-state index in [0.29, 0.717) is 19.3 Å². The number of hydrogen-bond donors (Lipinski definition) is 0. The van der Waals surface area contributed by atoms with Crippen molar-refractivity contribution in [2.75, 3.05) is 20.3 Å². The second-order valence-corrected chi connectivity index (χ2v) is 6.92. The molecule has 1 atom stereocenters. The number of aromatic nitrogens is 2. The number of hydrogen-bond acceptors (Lipinski definition) is 4. The molecule has 0 bridgehead atoms. The first-order valence-electron chi connectivity index (χ1n) is 9.30. The lowest BCUT2D eigenvalue weighted by Gasteiger charge is -2.35. The summed E-state index contributed by atoms with van der Waals surface area (Å²) < 4.78 is 13.7. The second-order valence-electron chi connectivity index (χ2n) is 6.92. The highest BCUT2D eigenvalue weighted by Gasteiger charge is 2.24. The first-order valence-corrected chi connectivity index (χ1v) is 9.30. The molecule has 3 aromatic rings. The summed E-state index contributed by atoms with van der Waals surface area (Å²) in [6.45, 7) is 4.03. The smallest absolute Gasteiger partial charge is 0.119 e.